The highest BCUT2D eigenvalue weighted by molar-refractivity contribution is 7.86. The number of nitrogens with zero attached hydrogens (tertiary/aromatic N) is 3. The molecule has 2 aliphatic rings. The van der Waals surface area contributed by atoms with Crippen molar-refractivity contribution in [3.8, 4) is 5.75 Å². The molecule has 1 N–H and O–H groups in total. The van der Waals surface area contributed by atoms with E-state index in [-0.39, 0.29) is 5.91 Å². The molecule has 0 radical (unpaired) electrons. The monoisotopic (exact) mass is 508 g/mol. The third kappa shape index (κ3) is 5.53. The fourth-order valence-corrected chi connectivity index (χ4v) is 5.86. The Morgan fingerprint density at radius 1 is 1.14 bits per heavy atom. The van der Waals surface area contributed by atoms with Gasteiger partial charge in [0.15, 0.2) is 11.0 Å². The van der Waals surface area contributed by atoms with E-state index in [4.69, 9.17) is 9.47 Å². The fourth-order valence-electron chi connectivity index (χ4n) is 4.86. The number of benzene rings is 2. The van der Waals surface area contributed by atoms with E-state index in [1.165, 1.54) is 6.42 Å². The van der Waals surface area contributed by atoms with Gasteiger partial charge in [-0.1, -0.05) is 18.2 Å². The number of rotatable bonds is 7. The standard InChI is InChI=1S/C27H32N4O4S/c1-34-24-18-21(29-36(33)25-9-4-6-20-7-5-12-28-26(20)25)10-11-23(24)27(32)31-15-13-30(14-16-31)19-22-8-2-3-17-35-22/h4-7,9-12,18,22,29H,2-3,8,13-17,19H2,1H3. The highest BCUT2D eigenvalue weighted by Gasteiger charge is 2.26. The highest BCUT2D eigenvalue weighted by atomic mass is 32.2. The first kappa shape index (κ1) is 24.7. The van der Waals surface area contributed by atoms with Crippen LogP contribution in [0.2, 0.25) is 0 Å². The number of hydrogen-bond acceptors (Lipinski definition) is 6. The molecule has 2 aromatic carbocycles. The summed E-state index contributed by atoms with van der Waals surface area (Å²) in [6.07, 6.45) is 5.52. The average molecular weight is 509 g/mol. The van der Waals surface area contributed by atoms with Crippen LogP contribution in [0.25, 0.3) is 10.9 Å². The third-order valence-electron chi connectivity index (χ3n) is 6.83. The first-order valence-electron chi connectivity index (χ1n) is 12.5. The molecule has 190 valence electrons. The predicted molar refractivity (Wildman–Crippen MR) is 141 cm³/mol. The normalized spacial score (nSPS) is 19.7. The van der Waals surface area contributed by atoms with Crippen molar-refractivity contribution < 1.29 is 18.5 Å². The Morgan fingerprint density at radius 2 is 1.97 bits per heavy atom. The van der Waals surface area contributed by atoms with Gasteiger partial charge in [-0.15, -0.1) is 0 Å². The molecule has 2 saturated heterocycles. The molecule has 36 heavy (non-hydrogen) atoms. The van der Waals surface area contributed by atoms with Crippen LogP contribution in [0.3, 0.4) is 0 Å². The van der Waals surface area contributed by atoms with E-state index in [9.17, 15) is 9.00 Å². The predicted octanol–water partition coefficient (Wildman–Crippen LogP) is 3.71. The van der Waals surface area contributed by atoms with Crippen LogP contribution < -0.4 is 9.46 Å². The number of pyridine rings is 1. The Bertz CT molecular complexity index is 1230. The van der Waals surface area contributed by atoms with Gasteiger partial charge < -0.3 is 19.1 Å². The van der Waals surface area contributed by atoms with Crippen molar-refractivity contribution in [1.82, 2.24) is 14.8 Å². The Kier molecular flexibility index (Phi) is 7.79. The molecule has 3 aromatic rings. The summed E-state index contributed by atoms with van der Waals surface area (Å²) in [7, 11) is 0.0177. The molecule has 3 heterocycles. The summed E-state index contributed by atoms with van der Waals surface area (Å²) in [5.41, 5.74) is 1.80. The number of carbonyl (C=O) groups is 1. The van der Waals surface area contributed by atoms with Gasteiger partial charge in [-0.25, -0.2) is 4.21 Å². The number of ether oxygens (including phenoxy) is 2. The van der Waals surface area contributed by atoms with Gasteiger partial charge in [0.1, 0.15) is 5.75 Å². The second-order valence-corrected chi connectivity index (χ2v) is 10.4. The number of methoxy groups -OCH3 is 1. The summed E-state index contributed by atoms with van der Waals surface area (Å²) in [5, 5.41) is 0.926. The van der Waals surface area contributed by atoms with Crippen LogP contribution in [0.1, 0.15) is 29.6 Å². The minimum atomic E-state index is -1.53. The van der Waals surface area contributed by atoms with Gasteiger partial charge in [-0.3, -0.25) is 14.7 Å². The molecule has 2 aliphatic heterocycles. The molecule has 2 atom stereocenters. The highest BCUT2D eigenvalue weighted by Crippen LogP contribution is 2.27. The second-order valence-electron chi connectivity index (χ2n) is 9.20. The molecule has 1 aromatic heterocycles. The summed E-state index contributed by atoms with van der Waals surface area (Å²) in [6, 6.07) is 14.6. The molecule has 2 fully saturated rings. The minimum Gasteiger partial charge on any atom is -0.496 e. The SMILES string of the molecule is COc1cc(NS(=O)c2cccc3cccnc23)ccc1C(=O)N1CCN(CC2CCCCO2)CC1. The Balaban J connectivity index is 1.23. The number of amides is 1. The molecule has 0 spiro atoms. The van der Waals surface area contributed by atoms with E-state index in [1.54, 1.807) is 37.6 Å². The van der Waals surface area contributed by atoms with Gasteiger partial charge in [0, 0.05) is 57.0 Å². The topological polar surface area (TPSA) is 84.0 Å². The molecule has 8 nitrogen and oxygen atoms in total. The number of anilines is 1. The lowest BCUT2D eigenvalue weighted by molar-refractivity contribution is -0.0130. The number of carbonyl (C=O) groups excluding carboxylic acids is 1. The smallest absolute Gasteiger partial charge is 0.257 e. The van der Waals surface area contributed by atoms with E-state index in [1.807, 2.05) is 29.2 Å². The van der Waals surface area contributed by atoms with Crippen molar-refractivity contribution in [2.75, 3.05) is 51.2 Å². The van der Waals surface area contributed by atoms with Crippen molar-refractivity contribution >= 4 is 33.5 Å². The molecular weight excluding hydrogens is 476 g/mol. The number of hydrogen-bond donors (Lipinski definition) is 1. The zero-order valence-corrected chi connectivity index (χ0v) is 21.3. The summed E-state index contributed by atoms with van der Waals surface area (Å²) < 4.78 is 27.5. The first-order valence-corrected chi connectivity index (χ1v) is 13.6. The van der Waals surface area contributed by atoms with Crippen molar-refractivity contribution in [3.63, 3.8) is 0 Å². The lowest BCUT2D eigenvalue weighted by Gasteiger charge is -2.37. The van der Waals surface area contributed by atoms with Gasteiger partial charge in [0.05, 0.1) is 34.9 Å². The maximum absolute atomic E-state index is 13.3. The van der Waals surface area contributed by atoms with Crippen LogP contribution >= 0.6 is 0 Å². The number of fused-ring (bicyclic) bond motifs is 1. The lowest BCUT2D eigenvalue weighted by atomic mass is 10.1. The second kappa shape index (κ2) is 11.4. The molecule has 1 amide bonds. The van der Waals surface area contributed by atoms with Crippen molar-refractivity contribution in [2.45, 2.75) is 30.3 Å². The van der Waals surface area contributed by atoms with Crippen molar-refractivity contribution in [3.05, 3.63) is 60.3 Å². The molecular formula is C27H32N4O4S. The number of aromatic nitrogens is 1. The summed E-state index contributed by atoms with van der Waals surface area (Å²) in [4.78, 5) is 22.5. The summed E-state index contributed by atoms with van der Waals surface area (Å²) in [6.45, 7) is 4.83. The zero-order valence-electron chi connectivity index (χ0n) is 20.5. The van der Waals surface area contributed by atoms with Crippen LogP contribution in [0.15, 0.2) is 59.6 Å². The Hall–Kier alpha value is -3.01. The quantitative estimate of drug-likeness (QED) is 0.524. The van der Waals surface area contributed by atoms with E-state index in [2.05, 4.69) is 14.6 Å². The van der Waals surface area contributed by atoms with Gasteiger partial charge in [-0.05, 0) is 43.5 Å². The maximum Gasteiger partial charge on any atom is 0.257 e. The lowest BCUT2D eigenvalue weighted by Crippen LogP contribution is -2.50. The summed E-state index contributed by atoms with van der Waals surface area (Å²) >= 11 is 0. The van der Waals surface area contributed by atoms with Crippen LogP contribution in [0.5, 0.6) is 5.75 Å². The molecule has 0 aliphatic carbocycles. The Morgan fingerprint density at radius 3 is 2.75 bits per heavy atom. The number of piperazine rings is 1. The number of para-hydroxylation sites is 1. The number of nitrogens with one attached hydrogen (secondary N) is 1. The third-order valence-corrected chi connectivity index (χ3v) is 7.98. The molecule has 2 unspecified atom stereocenters. The maximum atomic E-state index is 13.3. The molecule has 5 rings (SSSR count). The van der Waals surface area contributed by atoms with Crippen LogP contribution in [0, 0.1) is 0 Å². The van der Waals surface area contributed by atoms with Gasteiger partial charge in [-0.2, -0.15) is 0 Å². The average Bonchev–Trinajstić information content (AvgIpc) is 2.93. The van der Waals surface area contributed by atoms with Gasteiger partial charge in [0.25, 0.3) is 5.91 Å². The van der Waals surface area contributed by atoms with Crippen molar-refractivity contribution in [1.29, 1.82) is 0 Å². The van der Waals surface area contributed by atoms with Gasteiger partial charge in [0.2, 0.25) is 0 Å². The van der Waals surface area contributed by atoms with E-state index in [0.717, 1.165) is 44.5 Å². The van der Waals surface area contributed by atoms with E-state index in [0.29, 0.717) is 46.6 Å². The largest absolute Gasteiger partial charge is 0.496 e. The van der Waals surface area contributed by atoms with Crippen LogP contribution in [0.4, 0.5) is 5.69 Å². The van der Waals surface area contributed by atoms with E-state index >= 15 is 0 Å². The Labute approximate surface area is 214 Å². The van der Waals surface area contributed by atoms with Gasteiger partial charge >= 0.3 is 0 Å². The fraction of sp³-hybridized carbons (Fsp3) is 0.407. The first-order chi connectivity index (χ1) is 17.6. The zero-order chi connectivity index (χ0) is 24.9. The molecule has 9 heteroatoms. The summed E-state index contributed by atoms with van der Waals surface area (Å²) in [5.74, 6) is 0.405. The van der Waals surface area contributed by atoms with E-state index < -0.39 is 11.0 Å². The van der Waals surface area contributed by atoms with Crippen LogP contribution in [-0.4, -0.2) is 77.4 Å². The molecule has 0 bridgehead atoms. The minimum absolute atomic E-state index is 0.0497. The molecule has 0 saturated carbocycles. The van der Waals surface area contributed by atoms with Crippen molar-refractivity contribution in [2.24, 2.45) is 0 Å². The van der Waals surface area contributed by atoms with Crippen LogP contribution in [-0.2, 0) is 15.7 Å².